The molecule has 1 aromatic carbocycles. The van der Waals surface area contributed by atoms with Gasteiger partial charge in [-0.15, -0.1) is 11.6 Å². The lowest BCUT2D eigenvalue weighted by Crippen LogP contribution is -2.13. The van der Waals surface area contributed by atoms with Gasteiger partial charge in [-0.3, -0.25) is 0 Å². The lowest BCUT2D eigenvalue weighted by molar-refractivity contribution is 0.0698. The normalized spacial score (nSPS) is 11.5. The van der Waals surface area contributed by atoms with Crippen LogP contribution in [0.3, 0.4) is 0 Å². The van der Waals surface area contributed by atoms with E-state index in [1.165, 1.54) is 6.07 Å². The standard InChI is InChI=1S/C12H11ClN4O2/c13-7-11(14)16-10-6-8(17-5-1-4-15-17)2-3-9(10)12(18)19/h1-6H,7H2,(H2,14,16)(H,18,19). The number of carboxylic acid groups (broad SMARTS) is 1. The molecule has 98 valence electrons. The number of benzene rings is 1. The Balaban J connectivity index is 2.53. The second-order valence-electron chi connectivity index (χ2n) is 3.69. The molecule has 0 saturated heterocycles. The number of carbonyl (C=O) groups is 1. The fourth-order valence-corrected chi connectivity index (χ4v) is 1.60. The Morgan fingerprint density at radius 2 is 2.32 bits per heavy atom. The molecule has 19 heavy (non-hydrogen) atoms. The van der Waals surface area contributed by atoms with E-state index in [-0.39, 0.29) is 23.0 Å². The summed E-state index contributed by atoms with van der Waals surface area (Å²) in [5, 5.41) is 13.2. The van der Waals surface area contributed by atoms with E-state index in [0.29, 0.717) is 5.69 Å². The number of alkyl halides is 1. The summed E-state index contributed by atoms with van der Waals surface area (Å²) in [7, 11) is 0. The summed E-state index contributed by atoms with van der Waals surface area (Å²) in [5.74, 6) is -0.889. The highest BCUT2D eigenvalue weighted by atomic mass is 35.5. The average Bonchev–Trinajstić information content (AvgIpc) is 2.92. The van der Waals surface area contributed by atoms with Crippen LogP contribution in [-0.4, -0.2) is 32.6 Å². The first-order valence-electron chi connectivity index (χ1n) is 5.38. The highest BCUT2D eigenvalue weighted by Gasteiger charge is 2.11. The summed E-state index contributed by atoms with van der Waals surface area (Å²) in [5.41, 5.74) is 6.54. The van der Waals surface area contributed by atoms with E-state index >= 15 is 0 Å². The van der Waals surface area contributed by atoms with Crippen LogP contribution < -0.4 is 5.73 Å². The molecule has 0 radical (unpaired) electrons. The van der Waals surface area contributed by atoms with Crippen LogP contribution in [0.5, 0.6) is 0 Å². The molecule has 2 rings (SSSR count). The maximum atomic E-state index is 11.1. The molecular formula is C12H11ClN4O2. The van der Waals surface area contributed by atoms with Crippen molar-refractivity contribution >= 4 is 29.1 Å². The van der Waals surface area contributed by atoms with Crippen LogP contribution in [0.4, 0.5) is 5.69 Å². The number of aromatic nitrogens is 2. The minimum Gasteiger partial charge on any atom is -0.478 e. The van der Waals surface area contributed by atoms with Gasteiger partial charge >= 0.3 is 5.97 Å². The van der Waals surface area contributed by atoms with E-state index < -0.39 is 5.97 Å². The largest absolute Gasteiger partial charge is 0.478 e. The Labute approximate surface area is 114 Å². The van der Waals surface area contributed by atoms with Gasteiger partial charge < -0.3 is 10.8 Å². The Morgan fingerprint density at radius 3 is 2.89 bits per heavy atom. The van der Waals surface area contributed by atoms with Gasteiger partial charge in [0.1, 0.15) is 5.84 Å². The quantitative estimate of drug-likeness (QED) is 0.506. The van der Waals surface area contributed by atoms with Crippen molar-refractivity contribution in [2.24, 2.45) is 10.7 Å². The third-order valence-electron chi connectivity index (χ3n) is 2.38. The third-order valence-corrected chi connectivity index (χ3v) is 2.66. The topological polar surface area (TPSA) is 93.5 Å². The zero-order valence-corrected chi connectivity index (χ0v) is 10.6. The van der Waals surface area contributed by atoms with E-state index in [1.807, 2.05) is 0 Å². The molecule has 1 aromatic heterocycles. The molecule has 1 heterocycles. The third kappa shape index (κ3) is 2.92. The van der Waals surface area contributed by atoms with Crippen LogP contribution in [0.2, 0.25) is 0 Å². The van der Waals surface area contributed by atoms with E-state index in [9.17, 15) is 4.79 Å². The molecule has 7 heteroatoms. The maximum Gasteiger partial charge on any atom is 0.337 e. The number of halogens is 1. The van der Waals surface area contributed by atoms with Gasteiger partial charge in [0.2, 0.25) is 0 Å². The van der Waals surface area contributed by atoms with Gasteiger partial charge in [-0.2, -0.15) is 5.10 Å². The van der Waals surface area contributed by atoms with Crippen LogP contribution >= 0.6 is 11.6 Å². The Morgan fingerprint density at radius 1 is 1.53 bits per heavy atom. The van der Waals surface area contributed by atoms with Crippen molar-refractivity contribution in [2.45, 2.75) is 0 Å². The molecule has 2 aromatic rings. The molecule has 0 aliphatic carbocycles. The average molecular weight is 279 g/mol. The number of hydrogen-bond acceptors (Lipinski definition) is 3. The van der Waals surface area contributed by atoms with E-state index in [0.717, 1.165) is 0 Å². The number of nitrogens with zero attached hydrogens (tertiary/aromatic N) is 3. The molecule has 0 saturated carbocycles. The lowest BCUT2D eigenvalue weighted by Gasteiger charge is -2.06. The molecule has 0 bridgehead atoms. The van der Waals surface area contributed by atoms with Gasteiger partial charge in [0.05, 0.1) is 22.8 Å². The predicted octanol–water partition coefficient (Wildman–Crippen LogP) is 1.80. The van der Waals surface area contributed by atoms with Crippen molar-refractivity contribution in [1.82, 2.24) is 9.78 Å². The minimum absolute atomic E-state index is 0.0328. The molecule has 0 unspecified atom stereocenters. The van der Waals surface area contributed by atoms with Gasteiger partial charge in [0, 0.05) is 12.4 Å². The molecule has 0 aliphatic rings. The van der Waals surface area contributed by atoms with Crippen LogP contribution in [0.1, 0.15) is 10.4 Å². The van der Waals surface area contributed by atoms with Gasteiger partial charge in [0.25, 0.3) is 0 Å². The second kappa shape index (κ2) is 5.53. The number of aliphatic imine (C=N–C) groups is 1. The predicted molar refractivity (Wildman–Crippen MR) is 72.5 cm³/mol. The van der Waals surface area contributed by atoms with Crippen molar-refractivity contribution in [3.05, 3.63) is 42.2 Å². The summed E-state index contributed by atoms with van der Waals surface area (Å²) < 4.78 is 1.60. The Bertz CT molecular complexity index is 623. The fraction of sp³-hybridized carbons (Fsp3) is 0.0833. The smallest absolute Gasteiger partial charge is 0.337 e. The summed E-state index contributed by atoms with van der Waals surface area (Å²) in [6.45, 7) is 0. The molecule has 6 nitrogen and oxygen atoms in total. The Hall–Kier alpha value is -2.34. The fourth-order valence-electron chi connectivity index (χ4n) is 1.54. The van der Waals surface area contributed by atoms with Crippen molar-refractivity contribution in [3.63, 3.8) is 0 Å². The molecule has 3 N–H and O–H groups in total. The van der Waals surface area contributed by atoms with Gasteiger partial charge in [-0.25, -0.2) is 14.5 Å². The zero-order chi connectivity index (χ0) is 13.8. The first-order chi connectivity index (χ1) is 9.11. The van der Waals surface area contributed by atoms with Gasteiger partial charge in [-0.05, 0) is 24.3 Å². The summed E-state index contributed by atoms with van der Waals surface area (Å²) >= 11 is 5.55. The van der Waals surface area contributed by atoms with Crippen LogP contribution in [0, 0.1) is 0 Å². The van der Waals surface area contributed by atoms with Gasteiger partial charge in [0.15, 0.2) is 0 Å². The highest BCUT2D eigenvalue weighted by molar-refractivity contribution is 6.28. The molecule has 0 fully saturated rings. The minimum atomic E-state index is -1.08. The molecule has 0 amide bonds. The first-order valence-corrected chi connectivity index (χ1v) is 5.91. The summed E-state index contributed by atoms with van der Waals surface area (Å²) in [4.78, 5) is 15.1. The highest BCUT2D eigenvalue weighted by Crippen LogP contribution is 2.23. The second-order valence-corrected chi connectivity index (χ2v) is 3.96. The van der Waals surface area contributed by atoms with Crippen LogP contribution in [0.15, 0.2) is 41.7 Å². The van der Waals surface area contributed by atoms with E-state index in [2.05, 4.69) is 10.1 Å². The lowest BCUT2D eigenvalue weighted by atomic mass is 10.1. The van der Waals surface area contributed by atoms with Crippen LogP contribution in [-0.2, 0) is 0 Å². The SMILES string of the molecule is NC(CCl)=Nc1cc(-n2cccn2)ccc1C(=O)O. The van der Waals surface area contributed by atoms with Gasteiger partial charge in [-0.1, -0.05) is 0 Å². The number of rotatable bonds is 4. The number of carboxylic acids is 1. The maximum absolute atomic E-state index is 11.1. The van der Waals surface area contributed by atoms with Crippen molar-refractivity contribution < 1.29 is 9.90 Å². The van der Waals surface area contributed by atoms with Crippen molar-refractivity contribution in [2.75, 3.05) is 5.88 Å². The summed E-state index contributed by atoms with van der Waals surface area (Å²) in [6, 6.07) is 6.46. The molecule has 0 spiro atoms. The monoisotopic (exact) mass is 278 g/mol. The number of amidine groups is 1. The van der Waals surface area contributed by atoms with E-state index in [1.54, 1.807) is 35.3 Å². The van der Waals surface area contributed by atoms with Crippen molar-refractivity contribution in [1.29, 1.82) is 0 Å². The molecule has 0 aliphatic heterocycles. The van der Waals surface area contributed by atoms with Crippen molar-refractivity contribution in [3.8, 4) is 5.69 Å². The summed E-state index contributed by atoms with van der Waals surface area (Å²) in [6.07, 6.45) is 3.37. The van der Waals surface area contributed by atoms with Crippen LogP contribution in [0.25, 0.3) is 5.69 Å². The first kappa shape index (κ1) is 13.1. The van der Waals surface area contributed by atoms with E-state index in [4.69, 9.17) is 22.4 Å². The molecule has 0 atom stereocenters. The molecular weight excluding hydrogens is 268 g/mol. The number of nitrogens with two attached hydrogens (primary N) is 1. The number of aromatic carboxylic acids is 1. The zero-order valence-electron chi connectivity index (χ0n) is 9.82. The Kier molecular flexibility index (Phi) is 3.82. The number of hydrogen-bond donors (Lipinski definition) is 2.